The normalized spacial score (nSPS) is 19.8. The minimum Gasteiger partial charge on any atom is -0.497 e. The van der Waals surface area contributed by atoms with E-state index in [9.17, 15) is 18.3 Å². The molecule has 2 atom stereocenters. The van der Waals surface area contributed by atoms with Crippen molar-refractivity contribution in [3.8, 4) is 11.5 Å². The molecule has 1 fully saturated rings. The highest BCUT2D eigenvalue weighted by atomic mass is 32.2. The number of allylic oxidation sites excluding steroid dienone is 1. The summed E-state index contributed by atoms with van der Waals surface area (Å²) in [6, 6.07) is 13.8. The predicted octanol–water partition coefficient (Wildman–Crippen LogP) is 3.57. The Balaban J connectivity index is 1.45. The molecule has 224 valence electrons. The Morgan fingerprint density at radius 3 is 2.22 bits per heavy atom. The van der Waals surface area contributed by atoms with Gasteiger partial charge in [-0.25, -0.2) is 8.42 Å². The van der Waals surface area contributed by atoms with Crippen molar-refractivity contribution in [3.63, 3.8) is 0 Å². The van der Waals surface area contributed by atoms with Crippen LogP contribution in [0.4, 0.5) is 0 Å². The van der Waals surface area contributed by atoms with Crippen LogP contribution in [0.15, 0.2) is 65.3 Å². The highest BCUT2D eigenvalue weighted by Gasteiger charge is 2.31. The van der Waals surface area contributed by atoms with Gasteiger partial charge in [-0.15, -0.1) is 0 Å². The zero-order valence-electron chi connectivity index (χ0n) is 23.7. The Bertz CT molecular complexity index is 1260. The summed E-state index contributed by atoms with van der Waals surface area (Å²) >= 11 is 0. The van der Waals surface area contributed by atoms with E-state index in [0.717, 1.165) is 37.0 Å². The number of nitrogens with one attached hydrogen (secondary N) is 1. The zero-order valence-corrected chi connectivity index (χ0v) is 24.5. The van der Waals surface area contributed by atoms with Gasteiger partial charge in [0.1, 0.15) is 11.5 Å². The van der Waals surface area contributed by atoms with Gasteiger partial charge in [-0.1, -0.05) is 31.4 Å². The van der Waals surface area contributed by atoms with Crippen LogP contribution in [0.5, 0.6) is 11.5 Å². The van der Waals surface area contributed by atoms with E-state index in [1.165, 1.54) is 30.0 Å². The van der Waals surface area contributed by atoms with Crippen molar-refractivity contribution in [2.24, 2.45) is 0 Å². The van der Waals surface area contributed by atoms with Crippen molar-refractivity contribution in [1.29, 1.82) is 0 Å². The minimum atomic E-state index is -3.88. The Morgan fingerprint density at radius 2 is 1.61 bits per heavy atom. The van der Waals surface area contributed by atoms with Crippen LogP contribution in [-0.4, -0.2) is 76.6 Å². The molecule has 1 amide bonds. The quantitative estimate of drug-likeness (QED) is 0.364. The maximum absolute atomic E-state index is 13.2. The lowest BCUT2D eigenvalue weighted by atomic mass is 9.92. The number of carbonyl (C=O) groups excluding carboxylic acids is 1. The summed E-state index contributed by atoms with van der Waals surface area (Å²) in [5.74, 6) is 1.05. The summed E-state index contributed by atoms with van der Waals surface area (Å²) < 4.78 is 50.1. The number of aliphatic hydroxyl groups excluding tert-OH is 1. The third kappa shape index (κ3) is 8.22. The maximum Gasteiger partial charge on any atom is 0.286 e. The average Bonchev–Trinajstić information content (AvgIpc) is 3.01. The largest absolute Gasteiger partial charge is 0.497 e. The number of methoxy groups -OCH3 is 2. The van der Waals surface area contributed by atoms with Gasteiger partial charge in [0.25, 0.3) is 5.91 Å². The molecule has 4 rings (SSSR count). The van der Waals surface area contributed by atoms with E-state index < -0.39 is 16.3 Å². The summed E-state index contributed by atoms with van der Waals surface area (Å²) in [6.07, 6.45) is 6.77. The molecular formula is C30H40N2O8S. The molecule has 2 N–H and O–H groups in total. The lowest BCUT2D eigenvalue weighted by molar-refractivity contribution is -0.147. The number of ether oxygens (including phenoxy) is 4. The minimum absolute atomic E-state index is 0.00466. The third-order valence-electron chi connectivity index (χ3n) is 7.46. The van der Waals surface area contributed by atoms with Crippen LogP contribution >= 0.6 is 0 Å². The molecule has 1 aliphatic carbocycles. The first kappa shape index (κ1) is 30.8. The van der Waals surface area contributed by atoms with Gasteiger partial charge in [0.2, 0.25) is 16.3 Å². The van der Waals surface area contributed by atoms with Gasteiger partial charge >= 0.3 is 0 Å². The number of carbonyl (C=O) groups is 1. The van der Waals surface area contributed by atoms with E-state index in [2.05, 4.69) is 5.32 Å². The van der Waals surface area contributed by atoms with E-state index in [1.807, 2.05) is 30.3 Å². The van der Waals surface area contributed by atoms with E-state index in [0.29, 0.717) is 12.2 Å². The summed E-state index contributed by atoms with van der Waals surface area (Å²) in [5.41, 5.74) is 0.981. The molecule has 0 radical (unpaired) electrons. The number of nitrogens with zero attached hydrogens (tertiary/aromatic N) is 1. The lowest BCUT2D eigenvalue weighted by Gasteiger charge is -2.31. The summed E-state index contributed by atoms with van der Waals surface area (Å²) in [4.78, 5) is 13.3. The van der Waals surface area contributed by atoms with Gasteiger partial charge in [-0.05, 0) is 60.9 Å². The summed E-state index contributed by atoms with van der Waals surface area (Å²) in [5, 5.41) is 12.7. The molecule has 11 heteroatoms. The van der Waals surface area contributed by atoms with Crippen LogP contribution in [0.2, 0.25) is 0 Å². The zero-order chi connectivity index (χ0) is 29.2. The Hall–Kier alpha value is -3.12. The highest BCUT2D eigenvalue weighted by molar-refractivity contribution is 7.89. The third-order valence-corrected chi connectivity index (χ3v) is 9.37. The van der Waals surface area contributed by atoms with Crippen molar-refractivity contribution in [2.75, 3.05) is 40.5 Å². The van der Waals surface area contributed by atoms with Gasteiger partial charge < -0.3 is 29.4 Å². The Kier molecular flexibility index (Phi) is 11.0. The van der Waals surface area contributed by atoms with Crippen molar-refractivity contribution >= 4 is 15.9 Å². The molecule has 0 aromatic heterocycles. The first-order valence-electron chi connectivity index (χ1n) is 14.0. The van der Waals surface area contributed by atoms with Crippen LogP contribution < -0.4 is 14.8 Å². The number of rotatable bonds is 13. The standard InChI is InChI=1S/C30H40N2O8S/c1-37-25-10-8-22(9-11-25)23-20-28(30(34)31-24-6-4-3-5-7-24)40-29(21-23)39-19-17-32(16-18-33)41(35,36)27-14-12-26(38-2)13-15-27/h8-15,20,23-24,29,33H,3-7,16-19,21H2,1-2H3,(H,31,34)/t23-,29+/m1/s1. The second-order valence-electron chi connectivity index (χ2n) is 10.2. The molecular weight excluding hydrogens is 548 g/mol. The van der Waals surface area contributed by atoms with Crippen LogP contribution in [0.1, 0.15) is 50.0 Å². The molecule has 1 saturated carbocycles. The number of sulfonamides is 1. The van der Waals surface area contributed by atoms with Crippen LogP contribution in [0.3, 0.4) is 0 Å². The van der Waals surface area contributed by atoms with Crippen molar-refractivity contribution in [1.82, 2.24) is 9.62 Å². The fourth-order valence-electron chi connectivity index (χ4n) is 5.15. The molecule has 10 nitrogen and oxygen atoms in total. The number of hydrogen-bond acceptors (Lipinski definition) is 8. The topological polar surface area (TPSA) is 124 Å². The fourth-order valence-corrected chi connectivity index (χ4v) is 6.57. The van der Waals surface area contributed by atoms with Gasteiger partial charge in [-0.3, -0.25) is 4.79 Å². The van der Waals surface area contributed by atoms with E-state index >= 15 is 0 Å². The van der Waals surface area contributed by atoms with E-state index in [1.54, 1.807) is 19.2 Å². The summed E-state index contributed by atoms with van der Waals surface area (Å²) in [7, 11) is -0.770. The molecule has 2 aromatic carbocycles. The molecule has 0 saturated heterocycles. The predicted molar refractivity (Wildman–Crippen MR) is 153 cm³/mol. The van der Waals surface area contributed by atoms with Crippen LogP contribution in [0.25, 0.3) is 0 Å². The van der Waals surface area contributed by atoms with E-state index in [-0.39, 0.29) is 54.8 Å². The Labute approximate surface area is 242 Å². The van der Waals surface area contributed by atoms with Gasteiger partial charge in [-0.2, -0.15) is 4.31 Å². The number of aliphatic hydroxyl groups is 1. The summed E-state index contributed by atoms with van der Waals surface area (Å²) in [6.45, 7) is -0.433. The second kappa shape index (κ2) is 14.7. The number of hydrogen-bond donors (Lipinski definition) is 2. The monoisotopic (exact) mass is 588 g/mol. The molecule has 0 unspecified atom stereocenters. The van der Waals surface area contributed by atoms with E-state index in [4.69, 9.17) is 18.9 Å². The first-order valence-corrected chi connectivity index (χ1v) is 15.5. The second-order valence-corrected chi connectivity index (χ2v) is 12.1. The van der Waals surface area contributed by atoms with Crippen molar-refractivity contribution in [2.45, 2.75) is 61.7 Å². The molecule has 1 heterocycles. The SMILES string of the molecule is COc1ccc([C@@H]2C=C(C(=O)NC3CCCCC3)O[C@H](OCCN(CCO)S(=O)(=O)c3ccc(OC)cc3)C2)cc1. The van der Waals surface area contributed by atoms with Crippen molar-refractivity contribution in [3.05, 3.63) is 65.9 Å². The Morgan fingerprint density at radius 1 is 0.976 bits per heavy atom. The molecule has 1 aliphatic heterocycles. The number of benzene rings is 2. The van der Waals surface area contributed by atoms with Gasteiger partial charge in [0.05, 0.1) is 32.3 Å². The van der Waals surface area contributed by atoms with Crippen LogP contribution in [0, 0.1) is 0 Å². The van der Waals surface area contributed by atoms with Crippen LogP contribution in [-0.2, 0) is 24.3 Å². The lowest BCUT2D eigenvalue weighted by Crippen LogP contribution is -2.40. The van der Waals surface area contributed by atoms with Gasteiger partial charge in [0, 0.05) is 31.5 Å². The van der Waals surface area contributed by atoms with Gasteiger partial charge in [0.15, 0.2) is 5.76 Å². The molecule has 0 spiro atoms. The number of amides is 1. The smallest absolute Gasteiger partial charge is 0.286 e. The fraction of sp³-hybridized carbons (Fsp3) is 0.500. The molecule has 41 heavy (non-hydrogen) atoms. The van der Waals surface area contributed by atoms with Crippen molar-refractivity contribution < 1.29 is 37.3 Å². The highest BCUT2D eigenvalue weighted by Crippen LogP contribution is 2.33. The molecule has 2 aromatic rings. The molecule has 0 bridgehead atoms. The molecule has 2 aliphatic rings. The first-order chi connectivity index (χ1) is 19.8. The average molecular weight is 589 g/mol. The maximum atomic E-state index is 13.2.